The van der Waals surface area contributed by atoms with E-state index in [2.05, 4.69) is 249 Å². The molecular formula is C121H227N3O10. The maximum Gasteiger partial charge on any atom is 0.303 e. The number of carboxylic acid groups (broad SMARTS) is 1. The number of Topliss-reactive ketones (excluding diaryl/α,β-unsaturated/α-hetero) is 4. The molecule has 5 rings (SSSR count). The van der Waals surface area contributed by atoms with E-state index >= 15 is 0 Å². The number of carbonyl (C=O) groups is 5. The number of carboxylic acids is 1. The Labute approximate surface area is 837 Å². The van der Waals surface area contributed by atoms with Gasteiger partial charge in [-0.05, 0) is 250 Å². The molecule has 5 aromatic carbocycles. The van der Waals surface area contributed by atoms with Gasteiger partial charge in [-0.1, -0.05) is 354 Å². The summed E-state index contributed by atoms with van der Waals surface area (Å²) in [5.41, 5.74) is 23.9. The third-order valence-corrected chi connectivity index (χ3v) is 21.8. The molecule has 1 N–H and O–H groups in total. The van der Waals surface area contributed by atoms with Crippen molar-refractivity contribution >= 4 is 29.1 Å². The largest absolute Gasteiger partial charge is 0.481 e. The van der Waals surface area contributed by atoms with Gasteiger partial charge in [0.05, 0.1) is 60.9 Å². The highest BCUT2D eigenvalue weighted by Crippen LogP contribution is 2.33. The molecule has 13 nitrogen and oxygen atoms in total. The minimum atomic E-state index is -0.844. The van der Waals surface area contributed by atoms with E-state index < -0.39 is 16.8 Å². The predicted octanol–water partition coefficient (Wildman–Crippen LogP) is 35.4. The van der Waals surface area contributed by atoms with Crippen LogP contribution in [-0.4, -0.2) is 89.1 Å². The van der Waals surface area contributed by atoms with Crippen molar-refractivity contribution in [2.45, 2.75) is 475 Å². The summed E-state index contributed by atoms with van der Waals surface area (Å²) in [6, 6.07) is 38.0. The summed E-state index contributed by atoms with van der Waals surface area (Å²) in [5.74, 6) is 1.35. The molecule has 0 radical (unpaired) electrons. The predicted molar refractivity (Wildman–Crippen MR) is 600 cm³/mol. The maximum absolute atomic E-state index is 11.5. The van der Waals surface area contributed by atoms with Crippen molar-refractivity contribution in [1.82, 2.24) is 0 Å². The van der Waals surface area contributed by atoms with E-state index in [0.29, 0.717) is 96.1 Å². The first kappa shape index (κ1) is 166. The zero-order valence-electron chi connectivity index (χ0n) is 84.7. The third kappa shape index (κ3) is 74.7. The lowest BCUT2D eigenvalue weighted by Crippen LogP contribution is -2.19. The highest BCUT2D eigenvalue weighted by molar-refractivity contribution is 5.81. The van der Waals surface area contributed by atoms with Crippen LogP contribution >= 0.6 is 0 Å². The highest BCUT2D eigenvalue weighted by atomic mass is 16.5. The number of benzene rings is 5. The van der Waals surface area contributed by atoms with Crippen LogP contribution in [0, 0.1) is 62.1 Å². The van der Waals surface area contributed by atoms with Crippen LogP contribution in [0.2, 0.25) is 0 Å². The number of methoxy groups -OCH3 is 4. The van der Waals surface area contributed by atoms with Gasteiger partial charge in [-0.3, -0.25) is 24.0 Å². The quantitative estimate of drug-likeness (QED) is 0.0392. The molecule has 2 atom stereocenters. The van der Waals surface area contributed by atoms with Gasteiger partial charge in [0.15, 0.2) is 0 Å². The zero-order chi connectivity index (χ0) is 95.2. The van der Waals surface area contributed by atoms with Crippen LogP contribution in [0.25, 0.3) is 0 Å². The van der Waals surface area contributed by atoms with Gasteiger partial charge in [-0.25, -0.2) is 0 Å². The molecule has 786 valence electrons. The lowest BCUT2D eigenvalue weighted by atomic mass is 9.81. The van der Waals surface area contributed by atoms with Gasteiger partial charge in [0.25, 0.3) is 0 Å². The van der Waals surface area contributed by atoms with Crippen molar-refractivity contribution in [3.8, 4) is 18.2 Å². The van der Waals surface area contributed by atoms with Crippen LogP contribution in [0.5, 0.6) is 0 Å². The molecule has 0 fully saturated rings. The zero-order valence-corrected chi connectivity index (χ0v) is 84.7. The van der Waals surface area contributed by atoms with Gasteiger partial charge in [0.1, 0.15) is 23.1 Å². The fraction of sp³-hybridized carbons (Fsp3) is 0.686. The second-order valence-electron chi connectivity index (χ2n) is 36.2. The molecule has 5 aromatic rings. The van der Waals surface area contributed by atoms with Crippen LogP contribution in [0.3, 0.4) is 0 Å². The van der Waals surface area contributed by atoms with Gasteiger partial charge >= 0.3 is 5.97 Å². The monoisotopic (exact) mass is 1880 g/mol. The molecule has 134 heavy (non-hydrogen) atoms. The number of carbonyl (C=O) groups excluding carboxylic acids is 4. The van der Waals surface area contributed by atoms with Gasteiger partial charge in [-0.15, -0.1) is 0 Å². The molecule has 13 heteroatoms. The number of nitrogens with zero attached hydrogens (tertiary/aromatic N) is 3. The van der Waals surface area contributed by atoms with E-state index in [4.69, 9.17) is 39.8 Å². The summed E-state index contributed by atoms with van der Waals surface area (Å²) in [6.45, 7) is 70.0. The molecule has 0 heterocycles. The molecule has 0 aliphatic heterocycles. The number of ketones is 4. The summed E-state index contributed by atoms with van der Waals surface area (Å²) >= 11 is 0. The lowest BCUT2D eigenvalue weighted by Gasteiger charge is -2.24. The van der Waals surface area contributed by atoms with Gasteiger partial charge in [0.2, 0.25) is 0 Å². The second-order valence-corrected chi connectivity index (χ2v) is 36.2. The first-order valence-electron chi connectivity index (χ1n) is 46.2. The molecule has 0 aromatic heterocycles. The average molecular weight is 1880 g/mol. The van der Waals surface area contributed by atoms with Crippen LogP contribution < -0.4 is 0 Å². The smallest absolute Gasteiger partial charge is 0.303 e. The normalized spacial score (nSPS) is 10.4. The number of hydrogen-bond donors (Lipinski definition) is 1. The second kappa shape index (κ2) is 93.2. The van der Waals surface area contributed by atoms with Crippen molar-refractivity contribution in [1.29, 1.82) is 15.8 Å². The molecule has 0 aliphatic carbocycles. The maximum atomic E-state index is 11.5. The number of nitriles is 3. The van der Waals surface area contributed by atoms with Crippen molar-refractivity contribution in [3.05, 3.63) is 174 Å². The molecule has 0 saturated carbocycles. The van der Waals surface area contributed by atoms with Crippen LogP contribution in [0.15, 0.2) is 84.9 Å². The molecule has 0 spiro atoms. The fourth-order valence-electron chi connectivity index (χ4n) is 13.0. The molecule has 2 unspecified atom stereocenters. The highest BCUT2D eigenvalue weighted by Gasteiger charge is 2.24. The molecule has 0 amide bonds. The Bertz CT molecular complexity index is 3510. The number of hydrogen-bond acceptors (Lipinski definition) is 12. The Kier molecular flexibility index (Phi) is 116. The van der Waals surface area contributed by atoms with Crippen LogP contribution in [-0.2, 0) is 131 Å². The summed E-state index contributed by atoms with van der Waals surface area (Å²) < 4.78 is 19.2. The van der Waals surface area contributed by atoms with E-state index in [9.17, 15) is 24.0 Å². The molecule has 0 bridgehead atoms. The van der Waals surface area contributed by atoms with Crippen LogP contribution in [0.4, 0.5) is 0 Å². The average Bonchev–Trinajstić information content (AvgIpc) is 0.773. The Morgan fingerprint density at radius 1 is 0.313 bits per heavy atom. The Morgan fingerprint density at radius 3 is 0.754 bits per heavy atom. The Morgan fingerprint density at radius 2 is 0.560 bits per heavy atom. The summed E-state index contributed by atoms with van der Waals surface area (Å²) in [5, 5.41) is 34.2. The van der Waals surface area contributed by atoms with E-state index in [1.54, 1.807) is 97.9 Å². The Balaban J connectivity index is -0.0000000754. The lowest BCUT2D eigenvalue weighted by molar-refractivity contribution is -0.137. The minimum Gasteiger partial charge on any atom is -0.481 e. The number of ether oxygens (including phenoxy) is 4. The van der Waals surface area contributed by atoms with Gasteiger partial charge in [0, 0.05) is 85.2 Å². The van der Waals surface area contributed by atoms with Crippen molar-refractivity contribution in [3.63, 3.8) is 0 Å². The topological polar surface area (TPSA) is 214 Å². The third-order valence-electron chi connectivity index (χ3n) is 21.8. The molecule has 0 aliphatic rings. The van der Waals surface area contributed by atoms with E-state index in [1.807, 2.05) is 61.5 Å². The van der Waals surface area contributed by atoms with Gasteiger partial charge < -0.3 is 24.1 Å². The van der Waals surface area contributed by atoms with Crippen LogP contribution in [0.1, 0.15) is 476 Å². The first-order chi connectivity index (χ1) is 57.1. The molecule has 0 saturated heterocycles. The van der Waals surface area contributed by atoms with Crippen molar-refractivity contribution < 1.29 is 48.0 Å². The number of aryl methyl sites for hydroxylation is 6. The number of rotatable bonds is 37. The summed E-state index contributed by atoms with van der Waals surface area (Å²) in [7, 11) is 6.37. The van der Waals surface area contributed by atoms with Crippen molar-refractivity contribution in [2.75, 3.05) is 54.9 Å². The van der Waals surface area contributed by atoms with E-state index in [0.717, 1.165) is 12.8 Å². The number of aliphatic carboxylic acids is 1. The standard InChI is InChI=1S/C18H30.2C14H22.C12H18.C11H19NO2.C10H17NO2.C10H14.C7H11NO2.C7H14O2.C6H12O2.12CH4/c1-7-13-14(8-2)16(10-4)18(12-6)17(11-5)15(13)9-3;1-13(2,3)11-7-9-12(10-8-11)14(4,5)6;1-5-11-9-13(7-3)14(8-4)10-12(11)6-2;1-9(2)11-5-7-12(8-6-11)10(3)4;1-9(7-14-4)10(13)5-6-11(2,3)8-12;1-10(2,8-11)6-4-9(12)5-7-13-3;1-3-9-5-7-10(4-2)8-6-9;1-7(2,5-8)4-3-6(9)10;1-4-7(8)6(2)5-9-3;1-3-6(7)4-5-8-2;;;;;;;;;;;;/h7-12H2,1-6H3;7-10H,1-6H3;9-10H,5-8H2,1-4H3;5-10H,1-4H3;9H,5-7H2,1-4H3;4-7H2,1-3H3;5-8H,3-4H2,1-2H3;3-4H2,1-2H3,(H,9,10);6H,4-5H2,1-3H3;3-5H2,1-2H3;12*1H4. The van der Waals surface area contributed by atoms with E-state index in [1.165, 1.54) is 97.6 Å². The van der Waals surface area contributed by atoms with Gasteiger partial charge in [-0.2, -0.15) is 15.8 Å². The van der Waals surface area contributed by atoms with Crippen molar-refractivity contribution in [2.24, 2.45) is 28.1 Å². The minimum absolute atomic E-state index is 0. The Hall–Kier alpha value is -7.44. The summed E-state index contributed by atoms with van der Waals surface area (Å²) in [4.78, 5) is 54.0. The summed E-state index contributed by atoms with van der Waals surface area (Å²) in [6.07, 6.45) is 19.0. The van der Waals surface area contributed by atoms with E-state index in [-0.39, 0.29) is 147 Å². The fourth-order valence-corrected chi connectivity index (χ4v) is 13.0. The first-order valence-corrected chi connectivity index (χ1v) is 46.2. The SMILES string of the molecule is C.C.C.C.C.C.C.C.C.C.C.C.CC(C)(C#N)CCC(=O)O.CC(C)(C)c1ccc(C(C)(C)C)cc1.CC(C)c1ccc(C(C)C)cc1.CCC(=O)C(C)COC.CCC(=O)CCOC.CCc1c(CC)c(CC)c(CC)c(CC)c1CC.CCc1cc(CC)c(CC)cc1CC.CCc1ccc(CC)cc1.COCC(C)C(=O)CCC(C)(C)C#N.COCCC(=O)CCC(C)(C)C#N. The molecular weight excluding hydrogens is 1660 g/mol.